The summed E-state index contributed by atoms with van der Waals surface area (Å²) in [4.78, 5) is 4.05. The number of halogens is 1. The van der Waals surface area contributed by atoms with E-state index in [1.165, 1.54) is 25.5 Å². The first kappa shape index (κ1) is 14.4. The van der Waals surface area contributed by atoms with Crippen LogP contribution in [-0.4, -0.2) is 38.9 Å². The van der Waals surface area contributed by atoms with Crippen LogP contribution in [0, 0.1) is 6.92 Å². The third-order valence-corrected chi connectivity index (χ3v) is 5.01. The second-order valence-corrected chi connectivity index (χ2v) is 6.79. The number of sulfonamides is 1. The molecule has 0 radical (unpaired) electrons. The summed E-state index contributed by atoms with van der Waals surface area (Å²) in [5.41, 5.74) is 1.40. The highest BCUT2D eigenvalue weighted by atomic mass is 79.9. The van der Waals surface area contributed by atoms with Gasteiger partial charge in [0.05, 0.1) is 12.9 Å². The third kappa shape index (κ3) is 3.17. The first-order valence-corrected chi connectivity index (χ1v) is 7.28. The molecule has 0 aliphatic rings. The first-order valence-electron chi connectivity index (χ1n) is 4.87. The lowest BCUT2D eigenvalue weighted by molar-refractivity contribution is 0.392. The van der Waals surface area contributed by atoms with Crippen molar-refractivity contribution in [3.63, 3.8) is 0 Å². The van der Waals surface area contributed by atoms with Gasteiger partial charge in [0.15, 0.2) is 0 Å². The number of methoxy groups -OCH3 is 1. The molecule has 0 atom stereocenters. The average molecular weight is 323 g/mol. The molecule has 0 saturated heterocycles. The molecule has 0 aromatic carbocycles. The van der Waals surface area contributed by atoms with E-state index in [1.54, 1.807) is 6.20 Å². The topological polar surface area (TPSA) is 59.5 Å². The Morgan fingerprint density at radius 3 is 2.53 bits per heavy atom. The minimum absolute atomic E-state index is 0.124. The van der Waals surface area contributed by atoms with E-state index >= 15 is 0 Å². The van der Waals surface area contributed by atoms with E-state index in [0.29, 0.717) is 11.4 Å². The monoisotopic (exact) mass is 322 g/mol. The Hall–Kier alpha value is -0.660. The fraction of sp³-hybridized carbons (Fsp3) is 0.500. The molecule has 5 nitrogen and oxygen atoms in total. The van der Waals surface area contributed by atoms with Gasteiger partial charge in [0, 0.05) is 30.3 Å². The molecule has 0 bridgehead atoms. The molecule has 0 saturated carbocycles. The molecule has 96 valence electrons. The summed E-state index contributed by atoms with van der Waals surface area (Å²) >= 11 is 3.33. The maximum atomic E-state index is 11.9. The van der Waals surface area contributed by atoms with Gasteiger partial charge < -0.3 is 4.74 Å². The smallest absolute Gasteiger partial charge is 0.217 e. The molecule has 1 rings (SSSR count). The molecule has 0 aliphatic heterocycles. The number of aromatic nitrogens is 1. The molecule has 1 aromatic heterocycles. The summed E-state index contributed by atoms with van der Waals surface area (Å²) in [6.07, 6.45) is 1.60. The van der Waals surface area contributed by atoms with Crippen molar-refractivity contribution < 1.29 is 13.2 Å². The van der Waals surface area contributed by atoms with Gasteiger partial charge in [-0.15, -0.1) is 0 Å². The summed E-state index contributed by atoms with van der Waals surface area (Å²) in [5.74, 6) is 0.220. The number of nitrogens with zero attached hydrogens (tertiary/aromatic N) is 2. The number of ether oxygens (including phenoxy) is 1. The van der Waals surface area contributed by atoms with Crippen molar-refractivity contribution >= 4 is 26.0 Å². The van der Waals surface area contributed by atoms with Crippen molar-refractivity contribution in [1.29, 1.82) is 0 Å². The lowest BCUT2D eigenvalue weighted by atomic mass is 10.2. The fourth-order valence-electron chi connectivity index (χ4n) is 1.25. The summed E-state index contributed by atoms with van der Waals surface area (Å²) in [7, 11) is 1.15. The van der Waals surface area contributed by atoms with E-state index in [2.05, 4.69) is 20.9 Å². The lowest BCUT2D eigenvalue weighted by Crippen LogP contribution is -2.24. The van der Waals surface area contributed by atoms with E-state index < -0.39 is 10.0 Å². The molecule has 17 heavy (non-hydrogen) atoms. The molecule has 1 heterocycles. The molecule has 0 unspecified atom stereocenters. The normalized spacial score (nSPS) is 11.9. The van der Waals surface area contributed by atoms with Crippen LogP contribution >= 0.6 is 15.9 Å². The van der Waals surface area contributed by atoms with Gasteiger partial charge in [0.25, 0.3) is 0 Å². The predicted octanol–water partition coefficient (Wildman–Crippen LogP) is 1.55. The average Bonchev–Trinajstić information content (AvgIpc) is 2.25. The Kier molecular flexibility index (Phi) is 4.51. The summed E-state index contributed by atoms with van der Waals surface area (Å²) in [6, 6.07) is 0. The Morgan fingerprint density at radius 2 is 2.06 bits per heavy atom. The zero-order chi connectivity index (χ0) is 13.2. The second-order valence-electron chi connectivity index (χ2n) is 3.76. The summed E-state index contributed by atoms with van der Waals surface area (Å²) in [5, 5.41) is 0. The van der Waals surface area contributed by atoms with Gasteiger partial charge in [-0.3, -0.25) is 0 Å². The van der Waals surface area contributed by atoms with Crippen molar-refractivity contribution in [2.75, 3.05) is 21.2 Å². The summed E-state index contributed by atoms with van der Waals surface area (Å²) in [6.45, 7) is 1.83. The van der Waals surface area contributed by atoms with Gasteiger partial charge in [-0.05, 0) is 28.4 Å². The first-order chi connectivity index (χ1) is 7.79. The predicted molar refractivity (Wildman–Crippen MR) is 69.5 cm³/mol. The van der Waals surface area contributed by atoms with Crippen LogP contribution in [0.3, 0.4) is 0 Å². The Morgan fingerprint density at radius 1 is 1.47 bits per heavy atom. The van der Waals surface area contributed by atoms with Gasteiger partial charge in [-0.1, -0.05) is 0 Å². The number of rotatable bonds is 4. The third-order valence-electron chi connectivity index (χ3n) is 2.44. The Labute approximate surface area is 110 Å². The molecule has 1 aromatic rings. The number of pyridine rings is 1. The van der Waals surface area contributed by atoms with Gasteiger partial charge in [-0.25, -0.2) is 17.7 Å². The number of hydrogen-bond acceptors (Lipinski definition) is 4. The highest BCUT2D eigenvalue weighted by molar-refractivity contribution is 9.10. The van der Waals surface area contributed by atoms with Crippen molar-refractivity contribution in [3.8, 4) is 5.88 Å². The largest absolute Gasteiger partial charge is 0.481 e. The van der Waals surface area contributed by atoms with Crippen LogP contribution in [0.25, 0.3) is 0 Å². The minimum atomic E-state index is -3.33. The van der Waals surface area contributed by atoms with Crippen molar-refractivity contribution in [2.45, 2.75) is 12.7 Å². The molecule has 0 aliphatic carbocycles. The molecular weight excluding hydrogens is 308 g/mol. The van der Waals surface area contributed by atoms with E-state index in [4.69, 9.17) is 4.74 Å². The van der Waals surface area contributed by atoms with Gasteiger partial charge in [0.1, 0.15) is 0 Å². The van der Waals surface area contributed by atoms with E-state index in [-0.39, 0.29) is 5.75 Å². The van der Waals surface area contributed by atoms with E-state index in [9.17, 15) is 8.42 Å². The quantitative estimate of drug-likeness (QED) is 0.844. The zero-order valence-corrected chi connectivity index (χ0v) is 12.6. The molecule has 0 spiro atoms. The second kappa shape index (κ2) is 5.32. The highest BCUT2D eigenvalue weighted by Gasteiger charge is 2.21. The van der Waals surface area contributed by atoms with Crippen LogP contribution < -0.4 is 4.74 Å². The highest BCUT2D eigenvalue weighted by Crippen LogP contribution is 2.27. The number of hydrogen-bond donors (Lipinski definition) is 0. The molecule has 7 heteroatoms. The SMILES string of the molecule is COc1ncc(Br)c(C)c1CS(=O)(=O)N(C)C. The fourth-order valence-corrected chi connectivity index (χ4v) is 2.56. The van der Waals surface area contributed by atoms with Gasteiger partial charge in [0.2, 0.25) is 15.9 Å². The maximum Gasteiger partial charge on any atom is 0.217 e. The van der Waals surface area contributed by atoms with Crippen LogP contribution in [0.15, 0.2) is 10.7 Å². The lowest BCUT2D eigenvalue weighted by Gasteiger charge is -2.15. The molecular formula is C10H15BrN2O3S. The molecule has 0 N–H and O–H groups in total. The van der Waals surface area contributed by atoms with Crippen molar-refractivity contribution in [3.05, 3.63) is 21.8 Å². The van der Waals surface area contributed by atoms with Gasteiger partial charge in [-0.2, -0.15) is 0 Å². The molecule has 0 amide bonds. The van der Waals surface area contributed by atoms with Crippen molar-refractivity contribution in [2.24, 2.45) is 0 Å². The Balaban J connectivity index is 3.27. The zero-order valence-electron chi connectivity index (χ0n) is 10.2. The Bertz CT molecular complexity index is 515. The maximum absolute atomic E-state index is 11.9. The van der Waals surface area contributed by atoms with Gasteiger partial charge >= 0.3 is 0 Å². The van der Waals surface area contributed by atoms with E-state index in [1.807, 2.05) is 6.92 Å². The van der Waals surface area contributed by atoms with Crippen LogP contribution in [-0.2, 0) is 15.8 Å². The van der Waals surface area contributed by atoms with E-state index in [0.717, 1.165) is 10.0 Å². The van der Waals surface area contributed by atoms with Crippen LogP contribution in [0.1, 0.15) is 11.1 Å². The van der Waals surface area contributed by atoms with Crippen LogP contribution in [0.2, 0.25) is 0 Å². The van der Waals surface area contributed by atoms with Crippen LogP contribution in [0.4, 0.5) is 0 Å². The summed E-state index contributed by atoms with van der Waals surface area (Å²) < 4.78 is 30.8. The standard InChI is InChI=1S/C10H15BrN2O3S/c1-7-8(6-17(14,15)13(2)3)10(16-4)12-5-9(7)11/h5H,6H2,1-4H3. The van der Waals surface area contributed by atoms with Crippen molar-refractivity contribution in [1.82, 2.24) is 9.29 Å². The van der Waals surface area contributed by atoms with Crippen LogP contribution in [0.5, 0.6) is 5.88 Å². The molecule has 0 fully saturated rings. The minimum Gasteiger partial charge on any atom is -0.481 e.